The molecule has 3 saturated heterocycles. The second-order valence-electron chi connectivity index (χ2n) is 3.96. The third-order valence-corrected chi connectivity index (χ3v) is 5.70. The van der Waals surface area contributed by atoms with E-state index in [0.717, 1.165) is 38.9 Å². The lowest BCUT2D eigenvalue weighted by Gasteiger charge is -2.40. The predicted octanol–water partition coefficient (Wildman–Crippen LogP) is 0.713. The monoisotopic (exact) mass is 217 g/mol. The molecular weight excluding hydrogens is 198 g/mol. The lowest BCUT2D eigenvalue weighted by molar-refractivity contribution is -0.0348. The molecule has 0 N–H and O–H groups in total. The fourth-order valence-electron chi connectivity index (χ4n) is 2.06. The Morgan fingerprint density at radius 3 is 2.50 bits per heavy atom. The maximum absolute atomic E-state index is 5.95. The Balaban J connectivity index is 2.13. The first-order valence-corrected chi connectivity index (χ1v) is 7.35. The van der Waals surface area contributed by atoms with Crippen molar-refractivity contribution in [3.8, 4) is 0 Å². The van der Waals surface area contributed by atoms with Crippen molar-refractivity contribution in [1.29, 1.82) is 0 Å². The van der Waals surface area contributed by atoms with Gasteiger partial charge >= 0.3 is 8.80 Å². The van der Waals surface area contributed by atoms with Gasteiger partial charge in [-0.3, -0.25) is 4.90 Å². The summed E-state index contributed by atoms with van der Waals surface area (Å²) in [4.78, 5) is 2.35. The molecule has 0 aromatic heterocycles. The Labute approximate surface area is 86.5 Å². The van der Waals surface area contributed by atoms with Crippen molar-refractivity contribution in [1.82, 2.24) is 4.90 Å². The maximum atomic E-state index is 5.95. The van der Waals surface area contributed by atoms with Gasteiger partial charge in [-0.15, -0.1) is 0 Å². The molecule has 2 bridgehead atoms. The van der Waals surface area contributed by atoms with E-state index in [1.807, 2.05) is 0 Å². The van der Waals surface area contributed by atoms with E-state index in [1.165, 1.54) is 0 Å². The summed E-state index contributed by atoms with van der Waals surface area (Å²) in [6.07, 6.45) is 0.238. The molecule has 82 valence electrons. The summed E-state index contributed by atoms with van der Waals surface area (Å²) in [5, 5.41) is 0. The van der Waals surface area contributed by atoms with Gasteiger partial charge in [0.2, 0.25) is 0 Å². The van der Waals surface area contributed by atoms with Crippen molar-refractivity contribution < 1.29 is 13.3 Å². The Morgan fingerprint density at radius 2 is 1.93 bits per heavy atom. The zero-order valence-corrected chi connectivity index (χ0v) is 9.99. The molecule has 14 heavy (non-hydrogen) atoms. The fraction of sp³-hybridized carbons (Fsp3) is 1.00. The first-order chi connectivity index (χ1) is 6.74. The van der Waals surface area contributed by atoms with Crippen LogP contribution >= 0.6 is 0 Å². The van der Waals surface area contributed by atoms with Crippen molar-refractivity contribution in [3.05, 3.63) is 0 Å². The lowest BCUT2D eigenvalue weighted by atomic mass is 10.3. The van der Waals surface area contributed by atoms with Crippen LogP contribution in [0.5, 0.6) is 0 Å². The van der Waals surface area contributed by atoms with Crippen molar-refractivity contribution in [3.63, 3.8) is 0 Å². The number of rotatable bonds is 1. The molecule has 1 unspecified atom stereocenters. The minimum absolute atomic E-state index is 0.238. The molecule has 4 nitrogen and oxygen atoms in total. The topological polar surface area (TPSA) is 30.9 Å². The van der Waals surface area contributed by atoms with Crippen LogP contribution in [0.3, 0.4) is 0 Å². The largest absolute Gasteiger partial charge is 0.501 e. The Bertz CT molecular complexity index is 192. The summed E-state index contributed by atoms with van der Waals surface area (Å²) in [6.45, 7) is 8.77. The van der Waals surface area contributed by atoms with Gasteiger partial charge in [0.25, 0.3) is 0 Å². The van der Waals surface area contributed by atoms with E-state index in [2.05, 4.69) is 18.7 Å². The molecule has 3 fully saturated rings. The number of hydrogen-bond donors (Lipinski definition) is 0. The summed E-state index contributed by atoms with van der Waals surface area (Å²) in [5.41, 5.74) is 0. The summed E-state index contributed by atoms with van der Waals surface area (Å²) in [5.74, 6) is 0. The molecule has 0 aromatic carbocycles. The van der Waals surface area contributed by atoms with Crippen LogP contribution in [0, 0.1) is 0 Å². The highest BCUT2D eigenvalue weighted by atomic mass is 28.4. The highest BCUT2D eigenvalue weighted by Crippen LogP contribution is 2.22. The third-order valence-electron chi connectivity index (χ3n) is 2.79. The van der Waals surface area contributed by atoms with Crippen LogP contribution in [0.1, 0.15) is 13.8 Å². The second-order valence-corrected chi connectivity index (χ2v) is 6.85. The minimum atomic E-state index is -2.29. The van der Waals surface area contributed by atoms with Crippen LogP contribution in [0.15, 0.2) is 0 Å². The molecule has 0 saturated carbocycles. The second kappa shape index (κ2) is 4.28. The number of hydrogen-bond acceptors (Lipinski definition) is 4. The lowest BCUT2D eigenvalue weighted by Crippen LogP contribution is -2.57. The summed E-state index contributed by atoms with van der Waals surface area (Å²) in [6, 6.07) is 0.886. The zero-order chi connectivity index (χ0) is 10.0. The van der Waals surface area contributed by atoms with Crippen LogP contribution in [0.2, 0.25) is 6.04 Å². The van der Waals surface area contributed by atoms with Crippen LogP contribution in [-0.2, 0) is 13.3 Å². The molecule has 0 amide bonds. The summed E-state index contributed by atoms with van der Waals surface area (Å²) >= 11 is 0. The van der Waals surface area contributed by atoms with Gasteiger partial charge in [-0.2, -0.15) is 0 Å². The smallest absolute Gasteiger partial charge is 0.372 e. The molecule has 3 heterocycles. The predicted molar refractivity (Wildman–Crippen MR) is 55.1 cm³/mol. The molecule has 5 heteroatoms. The van der Waals surface area contributed by atoms with Gasteiger partial charge < -0.3 is 13.3 Å². The van der Waals surface area contributed by atoms with E-state index in [0.29, 0.717) is 0 Å². The Kier molecular flexibility index (Phi) is 3.23. The molecule has 3 aliphatic heterocycles. The van der Waals surface area contributed by atoms with Gasteiger partial charge in [-0.1, -0.05) is 6.92 Å². The van der Waals surface area contributed by atoms with E-state index >= 15 is 0 Å². The highest BCUT2D eigenvalue weighted by Gasteiger charge is 2.43. The van der Waals surface area contributed by atoms with Crippen molar-refractivity contribution >= 4 is 8.80 Å². The molecule has 3 rings (SSSR count). The molecular formula is C9H19NO3Si. The molecule has 0 aliphatic carbocycles. The number of nitrogens with zero attached hydrogens (tertiary/aromatic N) is 1. The van der Waals surface area contributed by atoms with Crippen LogP contribution in [0.4, 0.5) is 0 Å². The van der Waals surface area contributed by atoms with Crippen molar-refractivity contribution in [2.75, 3.05) is 32.8 Å². The molecule has 1 atom stereocenters. The van der Waals surface area contributed by atoms with Gasteiger partial charge in [0, 0.05) is 25.7 Å². The van der Waals surface area contributed by atoms with Gasteiger partial charge in [0.1, 0.15) is 0 Å². The molecule has 0 radical (unpaired) electrons. The van der Waals surface area contributed by atoms with E-state index in [1.54, 1.807) is 0 Å². The van der Waals surface area contributed by atoms with E-state index in [-0.39, 0.29) is 6.10 Å². The van der Waals surface area contributed by atoms with E-state index in [4.69, 9.17) is 13.3 Å². The average molecular weight is 217 g/mol. The van der Waals surface area contributed by atoms with E-state index in [9.17, 15) is 0 Å². The van der Waals surface area contributed by atoms with E-state index < -0.39 is 8.80 Å². The van der Waals surface area contributed by atoms with Gasteiger partial charge in [-0.25, -0.2) is 0 Å². The first kappa shape index (κ1) is 10.6. The maximum Gasteiger partial charge on any atom is 0.501 e. The normalized spacial score (nSPS) is 44.1. The SMILES string of the molecule is CC[Si]12OCCN(CCO1)CC(C)O2. The molecule has 0 spiro atoms. The Morgan fingerprint density at radius 1 is 1.29 bits per heavy atom. The van der Waals surface area contributed by atoms with Gasteiger partial charge in [-0.05, 0) is 6.92 Å². The van der Waals surface area contributed by atoms with Crippen LogP contribution < -0.4 is 0 Å². The van der Waals surface area contributed by atoms with Crippen LogP contribution in [0.25, 0.3) is 0 Å². The standard InChI is InChI=1S/C9H19NO3Si/c1-3-14-11-6-4-10(5-7-12-14)8-9(2)13-14/h9H,3-8H2,1-2H3. The average Bonchev–Trinajstić information content (AvgIpc) is 2.08. The zero-order valence-electron chi connectivity index (χ0n) is 8.99. The van der Waals surface area contributed by atoms with Crippen molar-refractivity contribution in [2.24, 2.45) is 0 Å². The summed E-state index contributed by atoms with van der Waals surface area (Å²) < 4.78 is 17.6. The fourth-order valence-corrected chi connectivity index (χ4v) is 4.35. The van der Waals surface area contributed by atoms with Crippen LogP contribution in [-0.4, -0.2) is 52.7 Å². The number of fused-ring (bicyclic) bond motifs is 6. The summed E-state index contributed by atoms with van der Waals surface area (Å²) in [7, 11) is -2.29. The molecule has 3 aliphatic rings. The van der Waals surface area contributed by atoms with Crippen molar-refractivity contribution in [2.45, 2.75) is 26.0 Å². The minimum Gasteiger partial charge on any atom is -0.372 e. The Hall–Kier alpha value is 0.0569. The first-order valence-electron chi connectivity index (χ1n) is 5.42. The van der Waals surface area contributed by atoms with Gasteiger partial charge in [0.05, 0.1) is 19.3 Å². The third kappa shape index (κ3) is 2.17. The highest BCUT2D eigenvalue weighted by molar-refractivity contribution is 6.60. The quantitative estimate of drug-likeness (QED) is 0.605. The van der Waals surface area contributed by atoms with Gasteiger partial charge in [0.15, 0.2) is 0 Å². The molecule has 0 aromatic rings.